The van der Waals surface area contributed by atoms with Crippen LogP contribution in [0.2, 0.25) is 0 Å². The zero-order valence-corrected chi connectivity index (χ0v) is 12.4. The summed E-state index contributed by atoms with van der Waals surface area (Å²) in [5.74, 6) is 0. The minimum atomic E-state index is 0.773. The lowest BCUT2D eigenvalue weighted by Gasteiger charge is -2.04. The monoisotopic (exact) mass is 283 g/mol. The zero-order chi connectivity index (χ0) is 13.9. The number of rotatable bonds is 4. The highest BCUT2D eigenvalue weighted by molar-refractivity contribution is 7.22. The Kier molecular flexibility index (Phi) is 3.67. The van der Waals surface area contributed by atoms with Gasteiger partial charge in [0, 0.05) is 6.54 Å². The van der Waals surface area contributed by atoms with E-state index in [-0.39, 0.29) is 0 Å². The molecule has 0 amide bonds. The summed E-state index contributed by atoms with van der Waals surface area (Å²) in [4.78, 5) is 4.65. The molecule has 2 N–H and O–H groups in total. The first-order valence-electron chi connectivity index (χ1n) is 6.63. The van der Waals surface area contributed by atoms with E-state index in [2.05, 4.69) is 53.9 Å². The van der Waals surface area contributed by atoms with Crippen LogP contribution < -0.4 is 10.9 Å². The SMILES string of the molecule is Cc1ccc(C)c2sc(NNCc3ccccc3)nc12. The highest BCUT2D eigenvalue weighted by atomic mass is 32.1. The van der Waals surface area contributed by atoms with Gasteiger partial charge in [-0.3, -0.25) is 5.43 Å². The van der Waals surface area contributed by atoms with Crippen LogP contribution in [0.1, 0.15) is 16.7 Å². The molecule has 4 heteroatoms. The molecule has 0 fully saturated rings. The molecule has 1 heterocycles. The summed E-state index contributed by atoms with van der Waals surface area (Å²) in [7, 11) is 0. The van der Waals surface area contributed by atoms with Gasteiger partial charge in [-0.25, -0.2) is 10.4 Å². The molecule has 0 unspecified atom stereocenters. The number of aryl methyl sites for hydroxylation is 2. The molecule has 3 nitrogen and oxygen atoms in total. The molecule has 3 aromatic rings. The maximum absolute atomic E-state index is 4.65. The molecular formula is C16H17N3S. The Hall–Kier alpha value is -1.91. The van der Waals surface area contributed by atoms with Crippen molar-refractivity contribution in [1.82, 2.24) is 10.4 Å². The van der Waals surface area contributed by atoms with Crippen molar-refractivity contribution in [1.29, 1.82) is 0 Å². The number of hydrogen-bond donors (Lipinski definition) is 2. The Morgan fingerprint density at radius 3 is 2.50 bits per heavy atom. The van der Waals surface area contributed by atoms with Crippen LogP contribution in [0.15, 0.2) is 42.5 Å². The van der Waals surface area contributed by atoms with Crippen molar-refractivity contribution in [3.8, 4) is 0 Å². The van der Waals surface area contributed by atoms with Crippen molar-refractivity contribution >= 4 is 26.7 Å². The molecule has 0 saturated heterocycles. The van der Waals surface area contributed by atoms with Crippen molar-refractivity contribution in [3.05, 3.63) is 59.2 Å². The van der Waals surface area contributed by atoms with Crippen LogP contribution in [0, 0.1) is 13.8 Å². The summed E-state index contributed by atoms with van der Waals surface area (Å²) in [6, 6.07) is 14.6. The van der Waals surface area contributed by atoms with Crippen molar-refractivity contribution in [2.24, 2.45) is 0 Å². The number of aromatic nitrogens is 1. The maximum atomic E-state index is 4.65. The molecule has 102 valence electrons. The van der Waals surface area contributed by atoms with Gasteiger partial charge >= 0.3 is 0 Å². The molecule has 0 bridgehead atoms. The van der Waals surface area contributed by atoms with E-state index in [4.69, 9.17) is 0 Å². The van der Waals surface area contributed by atoms with E-state index in [0.717, 1.165) is 17.2 Å². The summed E-state index contributed by atoms with van der Waals surface area (Å²) in [5.41, 5.74) is 11.2. The summed E-state index contributed by atoms with van der Waals surface area (Å²) in [5, 5.41) is 0.910. The summed E-state index contributed by atoms with van der Waals surface area (Å²) < 4.78 is 1.26. The minimum Gasteiger partial charge on any atom is -0.297 e. The Balaban J connectivity index is 1.72. The van der Waals surface area contributed by atoms with Gasteiger partial charge in [0.2, 0.25) is 0 Å². The smallest absolute Gasteiger partial charge is 0.198 e. The average molecular weight is 283 g/mol. The lowest BCUT2D eigenvalue weighted by atomic mass is 10.1. The van der Waals surface area contributed by atoms with Gasteiger partial charge < -0.3 is 0 Å². The molecule has 0 aliphatic carbocycles. The Bertz CT molecular complexity index is 680. The topological polar surface area (TPSA) is 37.0 Å². The second kappa shape index (κ2) is 5.61. The number of nitrogens with zero attached hydrogens (tertiary/aromatic N) is 1. The van der Waals surface area contributed by atoms with Crippen molar-refractivity contribution < 1.29 is 0 Å². The molecule has 0 aliphatic heterocycles. The van der Waals surface area contributed by atoms with Gasteiger partial charge in [-0.15, -0.1) is 0 Å². The fourth-order valence-corrected chi connectivity index (χ4v) is 3.12. The number of nitrogens with one attached hydrogen (secondary N) is 2. The van der Waals surface area contributed by atoms with E-state index in [1.54, 1.807) is 11.3 Å². The van der Waals surface area contributed by atoms with E-state index in [1.165, 1.54) is 21.4 Å². The predicted octanol–water partition coefficient (Wildman–Crippen LogP) is 4.03. The van der Waals surface area contributed by atoms with Gasteiger partial charge in [-0.1, -0.05) is 53.8 Å². The fraction of sp³-hybridized carbons (Fsp3) is 0.188. The van der Waals surface area contributed by atoms with Gasteiger partial charge in [-0.05, 0) is 30.5 Å². The van der Waals surface area contributed by atoms with E-state index in [9.17, 15) is 0 Å². The molecule has 0 aliphatic rings. The number of fused-ring (bicyclic) bond motifs is 1. The van der Waals surface area contributed by atoms with Crippen LogP contribution in [-0.2, 0) is 6.54 Å². The second-order valence-corrected chi connectivity index (χ2v) is 5.86. The maximum Gasteiger partial charge on any atom is 0.198 e. The predicted molar refractivity (Wildman–Crippen MR) is 86.0 cm³/mol. The van der Waals surface area contributed by atoms with Crippen LogP contribution in [0.5, 0.6) is 0 Å². The molecule has 0 saturated carbocycles. The van der Waals surface area contributed by atoms with E-state index >= 15 is 0 Å². The third-order valence-corrected chi connectivity index (χ3v) is 4.38. The van der Waals surface area contributed by atoms with Gasteiger partial charge in [0.25, 0.3) is 0 Å². The van der Waals surface area contributed by atoms with Gasteiger partial charge in [0.15, 0.2) is 5.13 Å². The normalized spacial score (nSPS) is 10.9. The first-order chi connectivity index (χ1) is 9.74. The average Bonchev–Trinajstić information content (AvgIpc) is 2.90. The Morgan fingerprint density at radius 1 is 1.00 bits per heavy atom. The summed E-state index contributed by atoms with van der Waals surface area (Å²) in [6.07, 6.45) is 0. The third-order valence-electron chi connectivity index (χ3n) is 3.27. The lowest BCUT2D eigenvalue weighted by molar-refractivity contribution is 0.800. The first-order valence-corrected chi connectivity index (χ1v) is 7.45. The van der Waals surface area contributed by atoms with Crippen LogP contribution in [0.3, 0.4) is 0 Å². The number of hydrazine groups is 1. The molecule has 1 aromatic heterocycles. The number of hydrogen-bond acceptors (Lipinski definition) is 4. The van der Waals surface area contributed by atoms with Crippen LogP contribution in [-0.4, -0.2) is 4.98 Å². The van der Waals surface area contributed by atoms with E-state index in [0.29, 0.717) is 0 Å². The fourth-order valence-electron chi connectivity index (χ4n) is 2.13. The third kappa shape index (κ3) is 2.66. The van der Waals surface area contributed by atoms with E-state index < -0.39 is 0 Å². The first kappa shape index (κ1) is 13.1. The summed E-state index contributed by atoms with van der Waals surface area (Å²) in [6.45, 7) is 5.00. The second-order valence-electron chi connectivity index (χ2n) is 4.86. The number of benzene rings is 2. The quantitative estimate of drug-likeness (QED) is 0.710. The van der Waals surface area contributed by atoms with Crippen molar-refractivity contribution in [2.75, 3.05) is 5.43 Å². The standard InChI is InChI=1S/C16H17N3S/c1-11-8-9-12(2)15-14(11)18-16(20-15)19-17-10-13-6-4-3-5-7-13/h3-9,17H,10H2,1-2H3,(H,18,19). The molecular weight excluding hydrogens is 266 g/mol. The molecule has 2 aromatic carbocycles. The Labute approximate surface area is 122 Å². The van der Waals surface area contributed by atoms with Crippen LogP contribution in [0.25, 0.3) is 10.2 Å². The van der Waals surface area contributed by atoms with Crippen LogP contribution >= 0.6 is 11.3 Å². The number of anilines is 1. The largest absolute Gasteiger partial charge is 0.297 e. The molecule has 0 atom stereocenters. The molecule has 20 heavy (non-hydrogen) atoms. The Morgan fingerprint density at radius 2 is 1.75 bits per heavy atom. The van der Waals surface area contributed by atoms with Crippen molar-refractivity contribution in [2.45, 2.75) is 20.4 Å². The summed E-state index contributed by atoms with van der Waals surface area (Å²) >= 11 is 1.69. The van der Waals surface area contributed by atoms with Gasteiger partial charge in [0.1, 0.15) is 0 Å². The molecule has 3 rings (SSSR count). The number of thiazole rings is 1. The lowest BCUT2D eigenvalue weighted by Crippen LogP contribution is -2.20. The highest BCUT2D eigenvalue weighted by Crippen LogP contribution is 2.30. The van der Waals surface area contributed by atoms with Gasteiger partial charge in [-0.2, -0.15) is 0 Å². The molecule has 0 spiro atoms. The zero-order valence-electron chi connectivity index (χ0n) is 11.6. The van der Waals surface area contributed by atoms with Crippen molar-refractivity contribution in [3.63, 3.8) is 0 Å². The van der Waals surface area contributed by atoms with E-state index in [1.807, 2.05) is 18.2 Å². The minimum absolute atomic E-state index is 0.773. The van der Waals surface area contributed by atoms with Gasteiger partial charge in [0.05, 0.1) is 10.2 Å². The highest BCUT2D eigenvalue weighted by Gasteiger charge is 2.07. The van der Waals surface area contributed by atoms with Crippen LogP contribution in [0.4, 0.5) is 5.13 Å². The molecule has 0 radical (unpaired) electrons.